The average molecular weight is 481 g/mol. The third kappa shape index (κ3) is 5.88. The van der Waals surface area contributed by atoms with E-state index in [4.69, 9.17) is 9.47 Å². The molecule has 0 saturated heterocycles. The van der Waals surface area contributed by atoms with E-state index in [1.807, 2.05) is 91.9 Å². The Hall–Kier alpha value is -3.68. The summed E-state index contributed by atoms with van der Waals surface area (Å²) in [5, 5.41) is 3.33. The summed E-state index contributed by atoms with van der Waals surface area (Å²) in [6.07, 6.45) is 0.0179. The van der Waals surface area contributed by atoms with Gasteiger partial charge >= 0.3 is 5.97 Å². The molecule has 0 spiro atoms. The lowest BCUT2D eigenvalue weighted by Crippen LogP contribution is -2.26. The normalized spacial score (nSPS) is 11.6. The summed E-state index contributed by atoms with van der Waals surface area (Å²) in [5.41, 5.74) is 2.34. The molecule has 0 unspecified atom stereocenters. The minimum absolute atomic E-state index is 0.350. The molecule has 1 atom stereocenters. The van der Waals surface area contributed by atoms with Gasteiger partial charge in [0.25, 0.3) is 0 Å². The Morgan fingerprint density at radius 2 is 1.34 bits per heavy atom. The third-order valence-electron chi connectivity index (χ3n) is 5.66. The predicted molar refractivity (Wildman–Crippen MR) is 146 cm³/mol. The second kappa shape index (κ2) is 11.6. The Labute approximate surface area is 208 Å². The van der Waals surface area contributed by atoms with Gasteiger partial charge in [-0.15, -0.1) is 0 Å². The zero-order chi connectivity index (χ0) is 24.6. The summed E-state index contributed by atoms with van der Waals surface area (Å²) >= 11 is 0. The van der Waals surface area contributed by atoms with Crippen molar-refractivity contribution in [3.8, 4) is 5.75 Å². The van der Waals surface area contributed by atoms with Crippen LogP contribution < -0.4 is 20.7 Å². The molecule has 0 fully saturated rings. The molecule has 4 heteroatoms. The smallest absolute Gasteiger partial charge is 0.339 e. The molecule has 4 aromatic carbocycles. The molecule has 176 valence electrons. The van der Waals surface area contributed by atoms with Crippen molar-refractivity contribution in [2.75, 3.05) is 7.11 Å². The van der Waals surface area contributed by atoms with Gasteiger partial charge in [0, 0.05) is 12.0 Å². The second-order valence-corrected chi connectivity index (χ2v) is 10.5. The summed E-state index contributed by atoms with van der Waals surface area (Å²) in [6, 6.07) is 36.1. The van der Waals surface area contributed by atoms with E-state index in [9.17, 15) is 4.79 Å². The molecule has 4 rings (SSSR count). The summed E-state index contributed by atoms with van der Waals surface area (Å²) in [5.74, 6) is 0.341. The lowest BCUT2D eigenvalue weighted by atomic mass is 10.0. The summed E-state index contributed by atoms with van der Waals surface area (Å²) in [4.78, 5) is 13.7. The number of rotatable bonds is 9. The lowest BCUT2D eigenvalue weighted by molar-refractivity contribution is 0.0295. The molecule has 0 bridgehead atoms. The number of benzene rings is 4. The molecule has 3 nitrogen and oxygen atoms in total. The molecule has 0 aliphatic rings. The molecule has 0 aliphatic carbocycles. The van der Waals surface area contributed by atoms with Crippen LogP contribution in [0.1, 0.15) is 35.4 Å². The third-order valence-corrected chi connectivity index (χ3v) is 8.16. The molecule has 0 aromatic heterocycles. The highest BCUT2D eigenvalue weighted by Gasteiger charge is 2.26. The Morgan fingerprint density at radius 3 is 1.94 bits per heavy atom. The summed E-state index contributed by atoms with van der Waals surface area (Å²) in [7, 11) is 0.678. The van der Waals surface area contributed by atoms with Gasteiger partial charge in [-0.2, -0.15) is 0 Å². The van der Waals surface area contributed by atoms with Crippen LogP contribution >= 0.6 is 7.92 Å². The highest BCUT2D eigenvalue weighted by Crippen LogP contribution is 2.36. The average Bonchev–Trinajstić information content (AvgIpc) is 2.89. The molecule has 0 radical (unpaired) electrons. The number of esters is 1. The van der Waals surface area contributed by atoms with Crippen molar-refractivity contribution >= 4 is 29.8 Å². The molecule has 0 N–H and O–H groups in total. The highest BCUT2D eigenvalue weighted by molar-refractivity contribution is 7.80. The van der Waals surface area contributed by atoms with E-state index in [1.54, 1.807) is 7.11 Å². The quantitative estimate of drug-likeness (QED) is 0.160. The van der Waals surface area contributed by atoms with Crippen LogP contribution in [0.25, 0.3) is 0 Å². The molecule has 0 heterocycles. The number of para-hydroxylation sites is 1. The predicted octanol–water partition coefficient (Wildman–Crippen LogP) is 6.32. The first kappa shape index (κ1) is 24.4. The van der Waals surface area contributed by atoms with Crippen LogP contribution in [0, 0.1) is 0 Å². The van der Waals surface area contributed by atoms with E-state index in [2.05, 4.69) is 30.8 Å². The van der Waals surface area contributed by atoms with Crippen LogP contribution in [0.2, 0.25) is 0 Å². The van der Waals surface area contributed by atoms with E-state index >= 15 is 0 Å². The van der Waals surface area contributed by atoms with Crippen LogP contribution in [0.4, 0.5) is 0 Å². The van der Waals surface area contributed by atoms with Crippen molar-refractivity contribution in [3.05, 3.63) is 132 Å². The zero-order valence-corrected chi connectivity index (χ0v) is 21.0. The maximum absolute atomic E-state index is 13.7. The minimum atomic E-state index is -0.948. The molecule has 0 aliphatic heterocycles. The van der Waals surface area contributed by atoms with E-state index < -0.39 is 14.0 Å². The van der Waals surface area contributed by atoms with Gasteiger partial charge in [0.1, 0.15) is 11.9 Å². The van der Waals surface area contributed by atoms with Crippen LogP contribution in [0.15, 0.2) is 121 Å². The van der Waals surface area contributed by atoms with Crippen LogP contribution in [-0.4, -0.2) is 13.1 Å². The Kier molecular flexibility index (Phi) is 8.13. The van der Waals surface area contributed by atoms with Crippen molar-refractivity contribution in [1.82, 2.24) is 0 Å². The molecule has 4 aromatic rings. The van der Waals surface area contributed by atoms with Crippen molar-refractivity contribution < 1.29 is 14.3 Å². The minimum Gasteiger partial charge on any atom is -0.496 e. The standard InChI is InChI=1S/C31H29O3P/c1-23(2)22-29(26-18-10-12-20-28(26)33-3)34-31(32)27-19-11-13-21-30(27)35(24-14-6-4-7-15-24)25-16-8-5-9-17-25/h4-21,29H,1,22H2,2-3H3/t29-/m0/s1. The number of carbonyl (C=O) groups excluding carboxylic acids is 1. The summed E-state index contributed by atoms with van der Waals surface area (Å²) < 4.78 is 11.7. The van der Waals surface area contributed by atoms with Gasteiger partial charge in [-0.05, 0) is 42.9 Å². The fraction of sp³-hybridized carbons (Fsp3) is 0.129. The van der Waals surface area contributed by atoms with Gasteiger partial charge in [0.05, 0.1) is 12.7 Å². The van der Waals surface area contributed by atoms with Crippen LogP contribution in [-0.2, 0) is 4.74 Å². The van der Waals surface area contributed by atoms with E-state index in [0.717, 1.165) is 16.4 Å². The number of hydrogen-bond acceptors (Lipinski definition) is 3. The van der Waals surface area contributed by atoms with Crippen LogP contribution in [0.3, 0.4) is 0 Å². The Bertz CT molecular complexity index is 1250. The maximum atomic E-state index is 13.7. The van der Waals surface area contributed by atoms with Crippen LogP contribution in [0.5, 0.6) is 5.75 Å². The summed E-state index contributed by atoms with van der Waals surface area (Å²) in [6.45, 7) is 5.99. The van der Waals surface area contributed by atoms with Gasteiger partial charge in [-0.1, -0.05) is 109 Å². The van der Waals surface area contributed by atoms with Crippen molar-refractivity contribution in [2.24, 2.45) is 0 Å². The highest BCUT2D eigenvalue weighted by atomic mass is 31.1. The van der Waals surface area contributed by atoms with E-state index in [-0.39, 0.29) is 5.97 Å². The number of hydrogen-bond donors (Lipinski definition) is 0. The van der Waals surface area contributed by atoms with Gasteiger partial charge < -0.3 is 9.47 Å². The van der Waals surface area contributed by atoms with Gasteiger partial charge in [0.2, 0.25) is 0 Å². The lowest BCUT2D eigenvalue weighted by Gasteiger charge is -2.24. The molecule has 35 heavy (non-hydrogen) atoms. The van der Waals surface area contributed by atoms with E-state index in [1.165, 1.54) is 10.6 Å². The van der Waals surface area contributed by atoms with E-state index in [0.29, 0.717) is 17.7 Å². The fourth-order valence-electron chi connectivity index (χ4n) is 4.08. The fourth-order valence-corrected chi connectivity index (χ4v) is 6.52. The van der Waals surface area contributed by atoms with Crippen molar-refractivity contribution in [1.29, 1.82) is 0 Å². The number of carbonyl (C=O) groups is 1. The largest absolute Gasteiger partial charge is 0.496 e. The van der Waals surface area contributed by atoms with Crippen molar-refractivity contribution in [2.45, 2.75) is 19.4 Å². The molecular weight excluding hydrogens is 451 g/mol. The first-order chi connectivity index (χ1) is 17.1. The topological polar surface area (TPSA) is 35.5 Å². The van der Waals surface area contributed by atoms with Gasteiger partial charge in [-0.3, -0.25) is 0 Å². The number of ether oxygens (including phenoxy) is 2. The SMILES string of the molecule is C=C(C)C[C@H](OC(=O)c1ccccc1P(c1ccccc1)c1ccccc1)c1ccccc1OC. The van der Waals surface area contributed by atoms with Gasteiger partial charge in [-0.25, -0.2) is 4.79 Å². The monoisotopic (exact) mass is 480 g/mol. The number of methoxy groups -OCH3 is 1. The Morgan fingerprint density at radius 1 is 0.800 bits per heavy atom. The van der Waals surface area contributed by atoms with Gasteiger partial charge in [0.15, 0.2) is 0 Å². The maximum Gasteiger partial charge on any atom is 0.339 e. The zero-order valence-electron chi connectivity index (χ0n) is 20.1. The Balaban J connectivity index is 1.75. The second-order valence-electron chi connectivity index (χ2n) is 8.32. The van der Waals surface area contributed by atoms with Crippen molar-refractivity contribution in [3.63, 3.8) is 0 Å². The molecule has 0 amide bonds. The first-order valence-corrected chi connectivity index (χ1v) is 12.9. The first-order valence-electron chi connectivity index (χ1n) is 11.6. The molecule has 0 saturated carbocycles. The molecular formula is C31H29O3P.